The van der Waals surface area contributed by atoms with E-state index >= 15 is 0 Å². The van der Waals surface area contributed by atoms with Gasteiger partial charge in [-0.25, -0.2) is 4.79 Å². The van der Waals surface area contributed by atoms with Crippen molar-refractivity contribution in [2.75, 3.05) is 13.7 Å². The van der Waals surface area contributed by atoms with Crippen LogP contribution >= 0.6 is 0 Å². The molecule has 116 valence electrons. The first-order chi connectivity index (χ1) is 10.2. The summed E-state index contributed by atoms with van der Waals surface area (Å²) in [6.07, 6.45) is 6.39. The van der Waals surface area contributed by atoms with Crippen LogP contribution in [0, 0.1) is 0 Å². The van der Waals surface area contributed by atoms with Gasteiger partial charge in [-0.15, -0.1) is 0 Å². The molecule has 0 aliphatic heterocycles. The first-order valence-corrected chi connectivity index (χ1v) is 7.77. The number of hydrogen-bond donors (Lipinski definition) is 1. The molecule has 0 radical (unpaired) electrons. The molecule has 1 aliphatic carbocycles. The number of esters is 1. The van der Waals surface area contributed by atoms with Crippen molar-refractivity contribution in [1.29, 1.82) is 0 Å². The summed E-state index contributed by atoms with van der Waals surface area (Å²) in [4.78, 5) is 12.1. The summed E-state index contributed by atoms with van der Waals surface area (Å²) in [6, 6.07) is 7.87. The minimum absolute atomic E-state index is 0.173. The Balaban J connectivity index is 1.80. The Morgan fingerprint density at radius 3 is 2.71 bits per heavy atom. The van der Waals surface area contributed by atoms with Gasteiger partial charge in [0.1, 0.15) is 17.9 Å². The minimum atomic E-state index is -0.329. The molecule has 0 bridgehead atoms. The second-order valence-corrected chi connectivity index (χ2v) is 5.70. The van der Waals surface area contributed by atoms with Crippen LogP contribution in [0.25, 0.3) is 0 Å². The third-order valence-electron chi connectivity index (χ3n) is 3.92. The highest BCUT2D eigenvalue weighted by atomic mass is 16.5. The second-order valence-electron chi connectivity index (χ2n) is 5.70. The Labute approximate surface area is 126 Å². The molecular weight excluding hydrogens is 266 g/mol. The van der Waals surface area contributed by atoms with E-state index in [1.807, 2.05) is 12.1 Å². The Kier molecular flexibility index (Phi) is 6.05. The van der Waals surface area contributed by atoms with E-state index in [2.05, 4.69) is 12.2 Å². The number of carbonyl (C=O) groups is 1. The summed E-state index contributed by atoms with van der Waals surface area (Å²) in [7, 11) is 1.55. The zero-order valence-corrected chi connectivity index (χ0v) is 12.9. The maximum Gasteiger partial charge on any atom is 0.341 e. The number of benzene rings is 1. The first kappa shape index (κ1) is 15.8. The van der Waals surface area contributed by atoms with Gasteiger partial charge in [0.15, 0.2) is 0 Å². The van der Waals surface area contributed by atoms with E-state index in [1.165, 1.54) is 32.1 Å². The Hall–Kier alpha value is -1.55. The second kappa shape index (κ2) is 8.03. The van der Waals surface area contributed by atoms with Gasteiger partial charge in [0, 0.05) is 12.1 Å². The van der Waals surface area contributed by atoms with Crippen LogP contribution in [-0.4, -0.2) is 31.8 Å². The minimum Gasteiger partial charge on any atom is -0.496 e. The highest BCUT2D eigenvalue weighted by molar-refractivity contribution is 5.92. The molecule has 1 atom stereocenters. The van der Waals surface area contributed by atoms with Crippen LogP contribution in [0.3, 0.4) is 0 Å². The highest BCUT2D eigenvalue weighted by Gasteiger charge is 2.18. The molecule has 1 aliphatic rings. The third kappa shape index (κ3) is 4.74. The van der Waals surface area contributed by atoms with Gasteiger partial charge in [0.2, 0.25) is 0 Å². The smallest absolute Gasteiger partial charge is 0.341 e. The van der Waals surface area contributed by atoms with Crippen molar-refractivity contribution in [2.24, 2.45) is 0 Å². The van der Waals surface area contributed by atoms with Gasteiger partial charge in [-0.2, -0.15) is 0 Å². The van der Waals surface area contributed by atoms with Gasteiger partial charge in [-0.05, 0) is 31.9 Å². The maximum absolute atomic E-state index is 12.1. The normalized spacial score (nSPS) is 17.2. The summed E-state index contributed by atoms with van der Waals surface area (Å²) in [5.41, 5.74) is 0.477. The molecule has 1 fully saturated rings. The molecule has 0 saturated heterocycles. The van der Waals surface area contributed by atoms with E-state index < -0.39 is 0 Å². The van der Waals surface area contributed by atoms with Gasteiger partial charge >= 0.3 is 5.97 Å². The van der Waals surface area contributed by atoms with Crippen LogP contribution in [0.2, 0.25) is 0 Å². The summed E-state index contributed by atoms with van der Waals surface area (Å²) in [5, 5.41) is 3.55. The molecule has 1 saturated carbocycles. The van der Waals surface area contributed by atoms with E-state index in [9.17, 15) is 4.79 Å². The highest BCUT2D eigenvalue weighted by Crippen LogP contribution is 2.19. The van der Waals surface area contributed by atoms with E-state index in [1.54, 1.807) is 19.2 Å². The summed E-state index contributed by atoms with van der Waals surface area (Å²) in [5.74, 6) is 0.222. The van der Waals surface area contributed by atoms with Crippen molar-refractivity contribution in [3.8, 4) is 5.75 Å². The van der Waals surface area contributed by atoms with Gasteiger partial charge in [0.25, 0.3) is 0 Å². The van der Waals surface area contributed by atoms with E-state index in [-0.39, 0.29) is 12.0 Å². The Morgan fingerprint density at radius 1 is 1.29 bits per heavy atom. The lowest BCUT2D eigenvalue weighted by atomic mass is 9.95. The standard InChI is InChI=1S/C17H25NO3/c1-13(18-14-8-4-3-5-9-14)12-21-17(19)15-10-6-7-11-16(15)20-2/h6-7,10-11,13-14,18H,3-5,8-9,12H2,1-2H3. The maximum atomic E-state index is 12.1. The Morgan fingerprint density at radius 2 is 2.00 bits per heavy atom. The molecule has 1 aromatic carbocycles. The van der Waals surface area contributed by atoms with Crippen LogP contribution in [0.4, 0.5) is 0 Å². The number of rotatable bonds is 6. The zero-order chi connectivity index (χ0) is 15.1. The van der Waals surface area contributed by atoms with Crippen molar-refractivity contribution in [1.82, 2.24) is 5.32 Å². The average molecular weight is 291 g/mol. The van der Waals surface area contributed by atoms with Crippen LogP contribution in [-0.2, 0) is 4.74 Å². The largest absolute Gasteiger partial charge is 0.496 e. The molecule has 0 spiro atoms. The van der Waals surface area contributed by atoms with Crippen LogP contribution < -0.4 is 10.1 Å². The molecule has 1 N–H and O–H groups in total. The van der Waals surface area contributed by atoms with E-state index in [4.69, 9.17) is 9.47 Å². The lowest BCUT2D eigenvalue weighted by Gasteiger charge is -2.26. The third-order valence-corrected chi connectivity index (χ3v) is 3.92. The predicted molar refractivity (Wildman–Crippen MR) is 82.7 cm³/mol. The lowest BCUT2D eigenvalue weighted by Crippen LogP contribution is -2.40. The quantitative estimate of drug-likeness (QED) is 0.818. The number of nitrogens with one attached hydrogen (secondary N) is 1. The number of hydrogen-bond acceptors (Lipinski definition) is 4. The number of ether oxygens (including phenoxy) is 2. The fourth-order valence-electron chi connectivity index (χ4n) is 2.81. The number of para-hydroxylation sites is 1. The monoisotopic (exact) mass is 291 g/mol. The Bertz CT molecular complexity index is 455. The molecule has 0 heterocycles. The van der Waals surface area contributed by atoms with Gasteiger partial charge in [-0.3, -0.25) is 0 Å². The van der Waals surface area contributed by atoms with Gasteiger partial charge in [0.05, 0.1) is 7.11 Å². The zero-order valence-electron chi connectivity index (χ0n) is 12.9. The average Bonchev–Trinajstić information content (AvgIpc) is 2.53. The van der Waals surface area contributed by atoms with Crippen molar-refractivity contribution in [3.63, 3.8) is 0 Å². The first-order valence-electron chi connectivity index (χ1n) is 7.77. The predicted octanol–water partition coefficient (Wildman–Crippen LogP) is 3.16. The molecule has 1 aromatic rings. The molecule has 4 nitrogen and oxygen atoms in total. The number of carbonyl (C=O) groups excluding carboxylic acids is 1. The van der Waals surface area contributed by atoms with Crippen molar-refractivity contribution < 1.29 is 14.3 Å². The van der Waals surface area contributed by atoms with Crippen molar-refractivity contribution in [2.45, 2.75) is 51.1 Å². The number of methoxy groups -OCH3 is 1. The molecule has 21 heavy (non-hydrogen) atoms. The van der Waals surface area contributed by atoms with Crippen LogP contribution in [0.15, 0.2) is 24.3 Å². The molecule has 4 heteroatoms. The van der Waals surface area contributed by atoms with E-state index in [0.29, 0.717) is 24.0 Å². The summed E-state index contributed by atoms with van der Waals surface area (Å²) >= 11 is 0. The fraction of sp³-hybridized carbons (Fsp3) is 0.588. The van der Waals surface area contributed by atoms with Gasteiger partial charge < -0.3 is 14.8 Å². The summed E-state index contributed by atoms with van der Waals surface area (Å²) < 4.78 is 10.6. The topological polar surface area (TPSA) is 47.6 Å². The molecule has 2 rings (SSSR count). The van der Waals surface area contributed by atoms with Crippen LogP contribution in [0.5, 0.6) is 5.75 Å². The lowest BCUT2D eigenvalue weighted by molar-refractivity contribution is 0.0460. The van der Waals surface area contributed by atoms with Crippen LogP contribution in [0.1, 0.15) is 49.4 Å². The summed E-state index contributed by atoms with van der Waals surface area (Å²) in [6.45, 7) is 2.44. The molecular formula is C17H25NO3. The SMILES string of the molecule is COc1ccccc1C(=O)OCC(C)NC1CCCCC1. The van der Waals surface area contributed by atoms with E-state index in [0.717, 1.165) is 0 Å². The van der Waals surface area contributed by atoms with Crippen molar-refractivity contribution in [3.05, 3.63) is 29.8 Å². The molecule has 1 unspecified atom stereocenters. The van der Waals surface area contributed by atoms with Crippen molar-refractivity contribution >= 4 is 5.97 Å². The molecule has 0 aromatic heterocycles. The van der Waals surface area contributed by atoms with Gasteiger partial charge in [-0.1, -0.05) is 31.4 Å². The molecule has 0 amide bonds. The fourth-order valence-corrected chi connectivity index (χ4v) is 2.81.